The molecule has 1 aromatic heterocycles. The first-order valence-electron chi connectivity index (χ1n) is 6.05. The van der Waals surface area contributed by atoms with E-state index in [2.05, 4.69) is 9.88 Å². The highest BCUT2D eigenvalue weighted by Crippen LogP contribution is 2.26. The Morgan fingerprint density at radius 3 is 3.22 bits per heavy atom. The highest BCUT2D eigenvalue weighted by Gasteiger charge is 2.25. The van der Waals surface area contributed by atoms with Crippen molar-refractivity contribution >= 4 is 22.8 Å². The van der Waals surface area contributed by atoms with Gasteiger partial charge in [-0.15, -0.1) is 0 Å². The zero-order chi connectivity index (χ0) is 12.5. The van der Waals surface area contributed by atoms with Crippen molar-refractivity contribution in [2.75, 3.05) is 18.0 Å². The van der Waals surface area contributed by atoms with Gasteiger partial charge in [-0.05, 0) is 31.0 Å². The first-order valence-corrected chi connectivity index (χ1v) is 6.05. The van der Waals surface area contributed by atoms with Crippen molar-refractivity contribution in [2.24, 2.45) is 5.92 Å². The van der Waals surface area contributed by atoms with Crippen LogP contribution >= 0.6 is 0 Å². The highest BCUT2D eigenvalue weighted by atomic mass is 16.4. The summed E-state index contributed by atoms with van der Waals surface area (Å²) >= 11 is 0. The van der Waals surface area contributed by atoms with Gasteiger partial charge < -0.3 is 14.4 Å². The molecule has 2 aromatic rings. The van der Waals surface area contributed by atoms with Crippen molar-refractivity contribution in [1.29, 1.82) is 0 Å². The van der Waals surface area contributed by atoms with Crippen molar-refractivity contribution in [3.05, 3.63) is 24.6 Å². The van der Waals surface area contributed by atoms with Gasteiger partial charge in [-0.1, -0.05) is 0 Å². The Kier molecular flexibility index (Phi) is 2.66. The summed E-state index contributed by atoms with van der Waals surface area (Å²) in [5.41, 5.74) is 2.58. The Morgan fingerprint density at radius 1 is 1.50 bits per heavy atom. The van der Waals surface area contributed by atoms with Crippen LogP contribution in [0.3, 0.4) is 0 Å². The van der Waals surface area contributed by atoms with Gasteiger partial charge in [-0.25, -0.2) is 4.98 Å². The third-order valence-corrected chi connectivity index (χ3v) is 3.45. The van der Waals surface area contributed by atoms with E-state index in [1.54, 1.807) is 0 Å². The Labute approximate surface area is 104 Å². The number of carbonyl (C=O) groups is 1. The molecule has 1 fully saturated rings. The van der Waals surface area contributed by atoms with Gasteiger partial charge in [0.05, 0.1) is 5.92 Å². The lowest BCUT2D eigenvalue weighted by Gasteiger charge is -2.32. The molecule has 3 rings (SSSR count). The minimum atomic E-state index is -0.706. The molecule has 0 radical (unpaired) electrons. The lowest BCUT2D eigenvalue weighted by molar-refractivity contribution is -0.141. The average Bonchev–Trinajstić information content (AvgIpc) is 2.86. The van der Waals surface area contributed by atoms with Gasteiger partial charge >= 0.3 is 5.97 Å². The van der Waals surface area contributed by atoms with E-state index in [1.165, 1.54) is 6.39 Å². The van der Waals surface area contributed by atoms with Gasteiger partial charge in [0.25, 0.3) is 0 Å². The fourth-order valence-electron chi connectivity index (χ4n) is 2.46. The maximum Gasteiger partial charge on any atom is 0.308 e. The van der Waals surface area contributed by atoms with Crippen LogP contribution in [0, 0.1) is 5.92 Å². The van der Waals surface area contributed by atoms with Crippen LogP contribution in [0.5, 0.6) is 0 Å². The van der Waals surface area contributed by atoms with Crippen LogP contribution in [-0.2, 0) is 4.79 Å². The molecule has 1 N–H and O–H groups in total. The quantitative estimate of drug-likeness (QED) is 0.879. The van der Waals surface area contributed by atoms with E-state index in [9.17, 15) is 4.79 Å². The van der Waals surface area contributed by atoms with Gasteiger partial charge in [-0.2, -0.15) is 0 Å². The molecule has 1 saturated heterocycles. The monoisotopic (exact) mass is 246 g/mol. The van der Waals surface area contributed by atoms with Crippen molar-refractivity contribution in [3.8, 4) is 0 Å². The predicted molar refractivity (Wildman–Crippen MR) is 66.6 cm³/mol. The van der Waals surface area contributed by atoms with Crippen LogP contribution < -0.4 is 4.90 Å². The molecule has 1 aromatic carbocycles. The number of nitrogens with zero attached hydrogens (tertiary/aromatic N) is 2. The number of oxazole rings is 1. The normalized spacial score (nSPS) is 20.2. The van der Waals surface area contributed by atoms with Crippen molar-refractivity contribution in [3.63, 3.8) is 0 Å². The van der Waals surface area contributed by atoms with E-state index < -0.39 is 5.97 Å². The minimum Gasteiger partial charge on any atom is -0.481 e. The van der Waals surface area contributed by atoms with E-state index >= 15 is 0 Å². The number of hydrogen-bond donors (Lipinski definition) is 1. The second-order valence-corrected chi connectivity index (χ2v) is 4.63. The summed E-state index contributed by atoms with van der Waals surface area (Å²) in [4.78, 5) is 17.3. The number of aliphatic carboxylic acids is 1. The maximum atomic E-state index is 11.0. The van der Waals surface area contributed by atoms with E-state index in [1.807, 2.05) is 18.2 Å². The molecule has 0 saturated carbocycles. The first-order chi connectivity index (χ1) is 8.74. The fraction of sp³-hybridized carbons (Fsp3) is 0.385. The molecule has 0 spiro atoms. The van der Waals surface area contributed by atoms with Crippen molar-refractivity contribution < 1.29 is 14.3 Å². The molecule has 94 valence electrons. The third-order valence-electron chi connectivity index (χ3n) is 3.45. The molecule has 0 aliphatic carbocycles. The summed E-state index contributed by atoms with van der Waals surface area (Å²) in [6, 6.07) is 5.78. The Balaban J connectivity index is 1.86. The number of carboxylic acids is 1. The zero-order valence-corrected chi connectivity index (χ0v) is 9.87. The molecular weight excluding hydrogens is 232 g/mol. The lowest BCUT2D eigenvalue weighted by Crippen LogP contribution is -2.38. The van der Waals surface area contributed by atoms with Crippen LogP contribution in [0.15, 0.2) is 29.0 Å². The SMILES string of the molecule is O=C(O)C1CCCN(c2ccc3ocnc3c2)C1. The predicted octanol–water partition coefficient (Wildman–Crippen LogP) is 2.13. The van der Waals surface area contributed by atoms with Gasteiger partial charge in [0.2, 0.25) is 0 Å². The average molecular weight is 246 g/mol. The highest BCUT2D eigenvalue weighted by molar-refractivity contribution is 5.78. The zero-order valence-electron chi connectivity index (χ0n) is 9.87. The molecule has 5 nitrogen and oxygen atoms in total. The number of piperidine rings is 1. The smallest absolute Gasteiger partial charge is 0.308 e. The van der Waals surface area contributed by atoms with Crippen LogP contribution in [0.2, 0.25) is 0 Å². The number of benzene rings is 1. The molecule has 2 heterocycles. The van der Waals surface area contributed by atoms with Crippen LogP contribution in [-0.4, -0.2) is 29.1 Å². The molecule has 1 aliphatic rings. The molecule has 18 heavy (non-hydrogen) atoms. The van der Waals surface area contributed by atoms with E-state index in [-0.39, 0.29) is 5.92 Å². The van der Waals surface area contributed by atoms with Crippen LogP contribution in [0.25, 0.3) is 11.1 Å². The number of rotatable bonds is 2. The second kappa shape index (κ2) is 4.33. The molecule has 0 amide bonds. The summed E-state index contributed by atoms with van der Waals surface area (Å²) in [5, 5.41) is 9.09. The summed E-state index contributed by atoms with van der Waals surface area (Å²) in [5.74, 6) is -0.978. The maximum absolute atomic E-state index is 11.0. The van der Waals surface area contributed by atoms with Gasteiger partial charge in [0, 0.05) is 18.8 Å². The third kappa shape index (κ3) is 1.92. The Bertz CT molecular complexity index is 578. The summed E-state index contributed by atoms with van der Waals surface area (Å²) < 4.78 is 5.20. The van der Waals surface area contributed by atoms with E-state index in [0.717, 1.165) is 36.2 Å². The van der Waals surface area contributed by atoms with E-state index in [0.29, 0.717) is 6.54 Å². The minimum absolute atomic E-state index is 0.272. The van der Waals surface area contributed by atoms with Gasteiger partial charge in [0.1, 0.15) is 5.52 Å². The first kappa shape index (κ1) is 11.1. The summed E-state index contributed by atoms with van der Waals surface area (Å²) in [7, 11) is 0. The van der Waals surface area contributed by atoms with Crippen LogP contribution in [0.1, 0.15) is 12.8 Å². The molecule has 5 heteroatoms. The topological polar surface area (TPSA) is 66.6 Å². The standard InChI is InChI=1S/C13H14N2O3/c16-13(17)9-2-1-5-15(7-9)10-3-4-12-11(6-10)14-8-18-12/h3-4,6,8-9H,1-2,5,7H2,(H,16,17). The number of anilines is 1. The van der Waals surface area contributed by atoms with Crippen molar-refractivity contribution in [2.45, 2.75) is 12.8 Å². The van der Waals surface area contributed by atoms with Gasteiger partial charge in [0.15, 0.2) is 12.0 Å². The lowest BCUT2D eigenvalue weighted by atomic mass is 9.98. The second-order valence-electron chi connectivity index (χ2n) is 4.63. The largest absolute Gasteiger partial charge is 0.481 e. The number of carboxylic acid groups (broad SMARTS) is 1. The van der Waals surface area contributed by atoms with E-state index in [4.69, 9.17) is 9.52 Å². The number of hydrogen-bond acceptors (Lipinski definition) is 4. The van der Waals surface area contributed by atoms with Crippen molar-refractivity contribution in [1.82, 2.24) is 4.98 Å². The van der Waals surface area contributed by atoms with Gasteiger partial charge in [-0.3, -0.25) is 4.79 Å². The Morgan fingerprint density at radius 2 is 2.39 bits per heavy atom. The number of fused-ring (bicyclic) bond motifs is 1. The summed E-state index contributed by atoms with van der Waals surface area (Å²) in [6.07, 6.45) is 3.09. The Hall–Kier alpha value is -2.04. The summed E-state index contributed by atoms with van der Waals surface area (Å²) in [6.45, 7) is 1.46. The molecule has 1 atom stereocenters. The molecule has 1 unspecified atom stereocenters. The molecular formula is C13H14N2O3. The molecule has 1 aliphatic heterocycles. The van der Waals surface area contributed by atoms with Crippen LogP contribution in [0.4, 0.5) is 5.69 Å². The molecule has 0 bridgehead atoms. The number of aromatic nitrogens is 1. The fourth-order valence-corrected chi connectivity index (χ4v) is 2.46.